The van der Waals surface area contributed by atoms with Gasteiger partial charge >= 0.3 is 6.18 Å². The molecule has 3 heterocycles. The maximum absolute atomic E-state index is 13.4. The van der Waals surface area contributed by atoms with E-state index in [1.165, 1.54) is 18.3 Å². The van der Waals surface area contributed by atoms with Crippen molar-refractivity contribution in [1.29, 1.82) is 5.26 Å². The summed E-state index contributed by atoms with van der Waals surface area (Å²) in [6, 6.07) is 7.07. The second kappa shape index (κ2) is 8.10. The summed E-state index contributed by atoms with van der Waals surface area (Å²) in [6.45, 7) is 3.32. The summed E-state index contributed by atoms with van der Waals surface area (Å²) in [7, 11) is 0. The molecule has 1 aromatic heterocycles. The molecule has 1 amide bonds. The van der Waals surface area contributed by atoms with Gasteiger partial charge in [-0.3, -0.25) is 9.78 Å². The average molecular weight is 444 g/mol. The van der Waals surface area contributed by atoms with Gasteiger partial charge in [-0.15, -0.1) is 0 Å². The maximum Gasteiger partial charge on any atom is 0.417 e. The van der Waals surface area contributed by atoms with Crippen LogP contribution in [0.5, 0.6) is 0 Å². The van der Waals surface area contributed by atoms with Crippen molar-refractivity contribution < 1.29 is 23.1 Å². The Morgan fingerprint density at radius 2 is 2.09 bits per heavy atom. The van der Waals surface area contributed by atoms with E-state index in [4.69, 9.17) is 5.26 Å². The number of aliphatic hydroxyl groups is 1. The van der Waals surface area contributed by atoms with Gasteiger partial charge in [0, 0.05) is 49.7 Å². The number of aryl methyl sites for hydroxylation is 1. The van der Waals surface area contributed by atoms with E-state index in [9.17, 15) is 23.1 Å². The molecule has 32 heavy (non-hydrogen) atoms. The highest BCUT2D eigenvalue weighted by Gasteiger charge is 2.50. The number of aliphatic hydroxyl groups excluding tert-OH is 1. The summed E-state index contributed by atoms with van der Waals surface area (Å²) in [5.74, 6) is -0.124. The lowest BCUT2D eigenvalue weighted by Crippen LogP contribution is -2.52. The number of halogens is 3. The van der Waals surface area contributed by atoms with E-state index in [0.29, 0.717) is 43.9 Å². The number of pyridine rings is 1. The number of benzene rings is 1. The number of rotatable bonds is 3. The number of carbonyl (C=O) groups is 1. The number of anilines is 1. The van der Waals surface area contributed by atoms with E-state index in [1.807, 2.05) is 11.8 Å². The summed E-state index contributed by atoms with van der Waals surface area (Å²) in [5.41, 5.74) is -0.298. The molecule has 2 aliphatic rings. The number of nitriles is 1. The Morgan fingerprint density at radius 1 is 1.31 bits per heavy atom. The van der Waals surface area contributed by atoms with Crippen molar-refractivity contribution in [2.75, 3.05) is 37.7 Å². The number of fused-ring (bicyclic) bond motifs is 1. The van der Waals surface area contributed by atoms with Crippen LogP contribution in [-0.2, 0) is 6.18 Å². The standard InChI is InChI=1S/C23H23F3N4O2/c1-15-6-17(10-28-9-15)21(32)29-5-4-18-11-30(13-22(18,12-29)14-31)19-3-2-16(8-27)20(7-19)23(24,25)26/h2-3,6-7,9-10,18,31H,4-5,11-14H2,1H3/t18-,22+/m0/s1. The Morgan fingerprint density at radius 3 is 2.75 bits per heavy atom. The molecule has 2 aromatic rings. The van der Waals surface area contributed by atoms with Crippen LogP contribution in [0.15, 0.2) is 36.7 Å². The third-order valence-electron chi connectivity index (χ3n) is 6.58. The normalized spacial score (nSPS) is 23.1. The minimum atomic E-state index is -4.63. The van der Waals surface area contributed by atoms with Gasteiger partial charge in [0.25, 0.3) is 5.91 Å². The van der Waals surface area contributed by atoms with Gasteiger partial charge in [-0.05, 0) is 49.1 Å². The number of alkyl halides is 3. The maximum atomic E-state index is 13.4. The predicted molar refractivity (Wildman–Crippen MR) is 111 cm³/mol. The minimum absolute atomic E-state index is 0.0390. The number of carbonyl (C=O) groups excluding carboxylic acids is 1. The van der Waals surface area contributed by atoms with Gasteiger partial charge in [0.15, 0.2) is 0 Å². The molecule has 1 N–H and O–H groups in total. The van der Waals surface area contributed by atoms with Crippen molar-refractivity contribution in [3.05, 3.63) is 58.9 Å². The molecular weight excluding hydrogens is 421 g/mol. The van der Waals surface area contributed by atoms with Gasteiger partial charge in [0.2, 0.25) is 0 Å². The van der Waals surface area contributed by atoms with Gasteiger partial charge in [0.05, 0.1) is 29.4 Å². The topological polar surface area (TPSA) is 80.5 Å². The second-order valence-corrected chi connectivity index (χ2v) is 8.70. The highest BCUT2D eigenvalue weighted by molar-refractivity contribution is 5.94. The first-order valence-corrected chi connectivity index (χ1v) is 10.3. The zero-order valence-corrected chi connectivity index (χ0v) is 17.6. The molecule has 2 aliphatic heterocycles. The van der Waals surface area contributed by atoms with Crippen molar-refractivity contribution in [2.24, 2.45) is 11.3 Å². The first kappa shape index (κ1) is 22.1. The monoisotopic (exact) mass is 444 g/mol. The molecule has 9 heteroatoms. The fraction of sp³-hybridized carbons (Fsp3) is 0.435. The van der Waals surface area contributed by atoms with Gasteiger partial charge in [-0.2, -0.15) is 18.4 Å². The lowest BCUT2D eigenvalue weighted by molar-refractivity contribution is -0.137. The van der Waals surface area contributed by atoms with Crippen LogP contribution < -0.4 is 4.90 Å². The summed E-state index contributed by atoms with van der Waals surface area (Å²) in [5, 5.41) is 19.3. The molecule has 2 saturated heterocycles. The van der Waals surface area contributed by atoms with E-state index in [0.717, 1.165) is 11.6 Å². The SMILES string of the molecule is Cc1cncc(C(=O)N2CC[C@H]3CN(c4ccc(C#N)c(C(F)(F)F)c4)C[C@@]3(CO)C2)c1. The molecule has 0 spiro atoms. The first-order chi connectivity index (χ1) is 15.2. The highest BCUT2D eigenvalue weighted by atomic mass is 19.4. The van der Waals surface area contributed by atoms with E-state index < -0.39 is 22.7 Å². The summed E-state index contributed by atoms with van der Waals surface area (Å²) < 4.78 is 40.2. The molecule has 0 unspecified atom stereocenters. The van der Waals surface area contributed by atoms with E-state index in [2.05, 4.69) is 4.98 Å². The quantitative estimate of drug-likeness (QED) is 0.786. The molecule has 168 valence electrons. The molecule has 2 atom stereocenters. The predicted octanol–water partition coefficient (Wildman–Crippen LogP) is 3.24. The van der Waals surface area contributed by atoms with E-state index in [-0.39, 0.29) is 18.4 Å². The van der Waals surface area contributed by atoms with Crippen molar-refractivity contribution in [3.8, 4) is 6.07 Å². The molecule has 0 bridgehead atoms. The fourth-order valence-electron chi connectivity index (χ4n) is 4.90. The molecule has 4 rings (SSSR count). The molecule has 0 saturated carbocycles. The largest absolute Gasteiger partial charge is 0.417 e. The number of hydrogen-bond acceptors (Lipinski definition) is 5. The Hall–Kier alpha value is -3.12. The zero-order chi connectivity index (χ0) is 23.1. The second-order valence-electron chi connectivity index (χ2n) is 8.70. The Kier molecular flexibility index (Phi) is 5.59. The first-order valence-electron chi connectivity index (χ1n) is 10.3. The van der Waals surface area contributed by atoms with Crippen LogP contribution in [0.1, 0.15) is 33.5 Å². The van der Waals surface area contributed by atoms with E-state index in [1.54, 1.807) is 23.2 Å². The van der Waals surface area contributed by atoms with Crippen LogP contribution in [0, 0.1) is 29.6 Å². The third-order valence-corrected chi connectivity index (χ3v) is 6.58. The molecule has 2 fully saturated rings. The van der Waals surface area contributed by atoms with Crippen molar-refractivity contribution in [3.63, 3.8) is 0 Å². The summed E-state index contributed by atoms with van der Waals surface area (Å²) in [6.07, 6.45) is -0.805. The minimum Gasteiger partial charge on any atom is -0.396 e. The van der Waals surface area contributed by atoms with Crippen LogP contribution in [-0.4, -0.2) is 53.7 Å². The number of aromatic nitrogens is 1. The Bertz CT molecular complexity index is 1080. The number of hydrogen-bond donors (Lipinski definition) is 1. The van der Waals surface area contributed by atoms with Gasteiger partial charge in [0.1, 0.15) is 0 Å². The average Bonchev–Trinajstić information content (AvgIpc) is 3.17. The van der Waals surface area contributed by atoms with Gasteiger partial charge in [-0.1, -0.05) is 0 Å². The van der Waals surface area contributed by atoms with Crippen LogP contribution in [0.4, 0.5) is 18.9 Å². The van der Waals surface area contributed by atoms with Crippen LogP contribution >= 0.6 is 0 Å². The van der Waals surface area contributed by atoms with Crippen LogP contribution in [0.2, 0.25) is 0 Å². The number of likely N-dealkylation sites (tertiary alicyclic amines) is 1. The van der Waals surface area contributed by atoms with Gasteiger partial charge in [-0.25, -0.2) is 0 Å². The van der Waals surface area contributed by atoms with Crippen molar-refractivity contribution >= 4 is 11.6 Å². The molecule has 1 aromatic carbocycles. The van der Waals surface area contributed by atoms with Crippen LogP contribution in [0.3, 0.4) is 0 Å². The number of amides is 1. The third kappa shape index (κ3) is 3.91. The molecule has 6 nitrogen and oxygen atoms in total. The molecular formula is C23H23F3N4O2. The molecule has 0 aliphatic carbocycles. The lowest BCUT2D eigenvalue weighted by atomic mass is 9.74. The smallest absolute Gasteiger partial charge is 0.396 e. The Labute approximate surface area is 183 Å². The lowest BCUT2D eigenvalue weighted by Gasteiger charge is -2.43. The Balaban J connectivity index is 1.58. The summed E-state index contributed by atoms with van der Waals surface area (Å²) >= 11 is 0. The fourth-order valence-corrected chi connectivity index (χ4v) is 4.90. The van der Waals surface area contributed by atoms with Gasteiger partial charge < -0.3 is 14.9 Å². The van der Waals surface area contributed by atoms with Crippen LogP contribution in [0.25, 0.3) is 0 Å². The number of nitrogens with zero attached hydrogens (tertiary/aromatic N) is 4. The zero-order valence-electron chi connectivity index (χ0n) is 17.6. The van der Waals surface area contributed by atoms with Crippen molar-refractivity contribution in [1.82, 2.24) is 9.88 Å². The van der Waals surface area contributed by atoms with E-state index >= 15 is 0 Å². The summed E-state index contributed by atoms with van der Waals surface area (Å²) in [4.78, 5) is 20.6. The number of piperidine rings is 1. The van der Waals surface area contributed by atoms with Crippen molar-refractivity contribution in [2.45, 2.75) is 19.5 Å². The molecule has 0 radical (unpaired) electrons. The highest BCUT2D eigenvalue weighted by Crippen LogP contribution is 2.44.